The number of pyridine rings is 1. The van der Waals surface area contributed by atoms with Gasteiger partial charge >= 0.3 is 6.18 Å². The number of aryl methyl sites for hydroxylation is 1. The Morgan fingerprint density at radius 2 is 1.63 bits per heavy atom. The van der Waals surface area contributed by atoms with Gasteiger partial charge in [0, 0.05) is 11.9 Å². The number of aromatic nitrogens is 1. The van der Waals surface area contributed by atoms with E-state index in [1.807, 2.05) is 54.6 Å². The maximum atomic E-state index is 13.2. The van der Waals surface area contributed by atoms with Gasteiger partial charge in [0.1, 0.15) is 5.56 Å². The smallest absolute Gasteiger partial charge is 0.416 e. The largest absolute Gasteiger partial charge is 0.474 e. The molecule has 180 valence electrons. The number of halogens is 3. The number of nitrogens with one attached hydrogen (secondary N) is 1. The topological polar surface area (TPSA) is 51.2 Å². The van der Waals surface area contributed by atoms with Crippen LogP contribution in [0.5, 0.6) is 5.88 Å². The summed E-state index contributed by atoms with van der Waals surface area (Å²) in [6, 6.07) is 21.2. The molecule has 0 saturated heterocycles. The lowest BCUT2D eigenvalue weighted by atomic mass is 10.0. The summed E-state index contributed by atoms with van der Waals surface area (Å²) in [5.41, 5.74) is 3.13. The van der Waals surface area contributed by atoms with Gasteiger partial charge in [-0.2, -0.15) is 13.2 Å². The SMILES string of the molecule is Cc1c(C(=O)NCc2ccc(-c3ccccc3)cc2)c(OC(C)C)nc2cc(C(F)(F)F)ccc12. The molecule has 0 aliphatic heterocycles. The van der Waals surface area contributed by atoms with Crippen molar-refractivity contribution in [2.75, 3.05) is 0 Å². The van der Waals surface area contributed by atoms with Gasteiger partial charge in [-0.3, -0.25) is 4.79 Å². The van der Waals surface area contributed by atoms with Gasteiger partial charge in [-0.05, 0) is 55.2 Å². The molecule has 3 aromatic carbocycles. The lowest BCUT2D eigenvalue weighted by molar-refractivity contribution is -0.137. The van der Waals surface area contributed by atoms with Crippen LogP contribution in [0.15, 0.2) is 72.8 Å². The van der Waals surface area contributed by atoms with Crippen molar-refractivity contribution in [2.45, 2.75) is 39.6 Å². The molecular weight excluding hydrogens is 453 g/mol. The average molecular weight is 479 g/mol. The lowest BCUT2D eigenvalue weighted by Gasteiger charge is -2.18. The van der Waals surface area contributed by atoms with Crippen LogP contribution in [-0.2, 0) is 12.7 Å². The minimum Gasteiger partial charge on any atom is -0.474 e. The summed E-state index contributed by atoms with van der Waals surface area (Å²) in [4.78, 5) is 17.5. The maximum absolute atomic E-state index is 13.2. The normalized spacial score (nSPS) is 11.6. The highest BCUT2D eigenvalue weighted by molar-refractivity contribution is 6.02. The summed E-state index contributed by atoms with van der Waals surface area (Å²) in [5, 5.41) is 3.35. The molecule has 0 bridgehead atoms. The Balaban J connectivity index is 1.61. The highest BCUT2D eigenvalue weighted by Gasteiger charge is 2.31. The predicted octanol–water partition coefficient (Wildman–Crippen LogP) is 6.95. The zero-order chi connectivity index (χ0) is 25.2. The summed E-state index contributed by atoms with van der Waals surface area (Å²) in [6.07, 6.45) is -4.81. The minimum absolute atomic E-state index is 0.0150. The van der Waals surface area contributed by atoms with Crippen LogP contribution in [0.2, 0.25) is 0 Å². The third-order valence-electron chi connectivity index (χ3n) is 5.63. The van der Waals surface area contributed by atoms with Crippen molar-refractivity contribution in [3.8, 4) is 17.0 Å². The molecule has 1 heterocycles. The zero-order valence-electron chi connectivity index (χ0n) is 19.6. The van der Waals surface area contributed by atoms with Gasteiger partial charge in [-0.1, -0.05) is 60.7 Å². The van der Waals surface area contributed by atoms with Gasteiger partial charge in [0.15, 0.2) is 0 Å². The number of hydrogen-bond acceptors (Lipinski definition) is 3. The summed E-state index contributed by atoms with van der Waals surface area (Å²) < 4.78 is 45.3. The second kappa shape index (κ2) is 9.78. The summed E-state index contributed by atoms with van der Waals surface area (Å²) in [5.74, 6) is -0.388. The van der Waals surface area contributed by atoms with Crippen LogP contribution in [0.1, 0.15) is 40.9 Å². The zero-order valence-corrected chi connectivity index (χ0v) is 19.6. The van der Waals surface area contributed by atoms with Crippen LogP contribution in [-0.4, -0.2) is 17.0 Å². The van der Waals surface area contributed by atoms with Gasteiger partial charge in [-0.15, -0.1) is 0 Å². The van der Waals surface area contributed by atoms with E-state index in [2.05, 4.69) is 10.3 Å². The predicted molar refractivity (Wildman–Crippen MR) is 130 cm³/mol. The number of hydrogen-bond donors (Lipinski definition) is 1. The third-order valence-corrected chi connectivity index (χ3v) is 5.63. The monoisotopic (exact) mass is 478 g/mol. The van der Waals surface area contributed by atoms with Crippen LogP contribution >= 0.6 is 0 Å². The highest BCUT2D eigenvalue weighted by Crippen LogP contribution is 2.34. The van der Waals surface area contributed by atoms with Crippen molar-refractivity contribution in [3.63, 3.8) is 0 Å². The van der Waals surface area contributed by atoms with Gasteiger partial charge in [0.2, 0.25) is 5.88 Å². The first kappa shape index (κ1) is 24.3. The number of carbonyl (C=O) groups excluding carboxylic acids is 1. The fourth-order valence-corrected chi connectivity index (χ4v) is 3.87. The van der Waals surface area contributed by atoms with E-state index in [4.69, 9.17) is 4.74 Å². The van der Waals surface area contributed by atoms with E-state index < -0.39 is 17.6 Å². The molecule has 0 atom stereocenters. The van der Waals surface area contributed by atoms with E-state index in [0.29, 0.717) is 10.9 Å². The molecule has 0 radical (unpaired) electrons. The number of carbonyl (C=O) groups is 1. The Labute approximate surface area is 201 Å². The molecular formula is C28H25F3N2O2. The molecule has 0 unspecified atom stereocenters. The Hall–Kier alpha value is -3.87. The van der Waals surface area contributed by atoms with Crippen LogP contribution in [0, 0.1) is 6.92 Å². The fourth-order valence-electron chi connectivity index (χ4n) is 3.87. The molecule has 0 saturated carbocycles. The molecule has 1 aromatic heterocycles. The molecule has 7 heteroatoms. The molecule has 0 fully saturated rings. The molecule has 4 nitrogen and oxygen atoms in total. The van der Waals surface area contributed by atoms with E-state index in [1.54, 1.807) is 20.8 Å². The number of rotatable bonds is 6. The Kier molecular flexibility index (Phi) is 6.78. The number of fused-ring (bicyclic) bond motifs is 1. The second-order valence-corrected chi connectivity index (χ2v) is 8.56. The molecule has 0 aliphatic rings. The number of ether oxygens (including phenoxy) is 1. The number of amides is 1. The molecule has 0 spiro atoms. The Morgan fingerprint density at radius 3 is 2.26 bits per heavy atom. The first-order valence-electron chi connectivity index (χ1n) is 11.2. The van der Waals surface area contributed by atoms with Crippen LogP contribution in [0.4, 0.5) is 13.2 Å². The van der Waals surface area contributed by atoms with Crippen molar-refractivity contribution >= 4 is 16.8 Å². The van der Waals surface area contributed by atoms with Gasteiger partial charge in [0.05, 0.1) is 17.2 Å². The van der Waals surface area contributed by atoms with Crippen molar-refractivity contribution in [1.82, 2.24) is 10.3 Å². The maximum Gasteiger partial charge on any atom is 0.416 e. The lowest BCUT2D eigenvalue weighted by Crippen LogP contribution is -2.25. The van der Waals surface area contributed by atoms with Crippen LogP contribution < -0.4 is 10.1 Å². The second-order valence-electron chi connectivity index (χ2n) is 8.56. The number of benzene rings is 3. The van der Waals surface area contributed by atoms with Gasteiger partial charge in [0.25, 0.3) is 5.91 Å². The van der Waals surface area contributed by atoms with E-state index in [9.17, 15) is 18.0 Å². The first-order valence-corrected chi connectivity index (χ1v) is 11.2. The molecule has 1 amide bonds. The molecule has 4 rings (SSSR count). The summed E-state index contributed by atoms with van der Waals surface area (Å²) in [6.45, 7) is 5.50. The Morgan fingerprint density at radius 1 is 0.971 bits per heavy atom. The number of alkyl halides is 3. The van der Waals surface area contributed by atoms with Crippen molar-refractivity contribution < 1.29 is 22.7 Å². The van der Waals surface area contributed by atoms with E-state index in [1.165, 1.54) is 6.07 Å². The minimum atomic E-state index is -4.49. The quantitative estimate of drug-likeness (QED) is 0.326. The van der Waals surface area contributed by atoms with Gasteiger partial charge < -0.3 is 10.1 Å². The molecule has 4 aromatic rings. The summed E-state index contributed by atoms with van der Waals surface area (Å²) in [7, 11) is 0. The van der Waals surface area contributed by atoms with Crippen molar-refractivity contribution in [3.05, 3.63) is 95.1 Å². The van der Waals surface area contributed by atoms with Crippen molar-refractivity contribution in [2.24, 2.45) is 0 Å². The fraction of sp³-hybridized carbons (Fsp3) is 0.214. The molecule has 0 aliphatic carbocycles. The number of nitrogens with zero attached hydrogens (tertiary/aromatic N) is 1. The van der Waals surface area contributed by atoms with Crippen molar-refractivity contribution in [1.29, 1.82) is 0 Å². The van der Waals surface area contributed by atoms with Crippen LogP contribution in [0.3, 0.4) is 0 Å². The van der Waals surface area contributed by atoms with Crippen LogP contribution in [0.25, 0.3) is 22.0 Å². The highest BCUT2D eigenvalue weighted by atomic mass is 19.4. The van der Waals surface area contributed by atoms with E-state index in [-0.39, 0.29) is 29.6 Å². The van der Waals surface area contributed by atoms with E-state index >= 15 is 0 Å². The third kappa shape index (κ3) is 5.45. The first-order chi connectivity index (χ1) is 16.6. The molecule has 35 heavy (non-hydrogen) atoms. The standard InChI is InChI=1S/C28H25F3N2O2/c1-17(2)35-27-25(18(3)23-14-13-22(28(29,30)31)15-24(23)33-27)26(34)32-16-19-9-11-21(12-10-19)20-7-5-4-6-8-20/h4-15,17H,16H2,1-3H3,(H,32,34). The average Bonchev–Trinajstić information content (AvgIpc) is 2.82. The van der Waals surface area contributed by atoms with Gasteiger partial charge in [-0.25, -0.2) is 4.98 Å². The Bertz CT molecular complexity index is 1350. The molecule has 1 N–H and O–H groups in total. The summed E-state index contributed by atoms with van der Waals surface area (Å²) >= 11 is 0. The van der Waals surface area contributed by atoms with E-state index in [0.717, 1.165) is 28.8 Å².